The van der Waals surface area contributed by atoms with Gasteiger partial charge < -0.3 is 5.32 Å². The lowest BCUT2D eigenvalue weighted by Crippen LogP contribution is -2.38. The van der Waals surface area contributed by atoms with Crippen molar-refractivity contribution in [1.29, 1.82) is 0 Å². The molecule has 1 saturated carbocycles. The molecule has 0 aromatic heterocycles. The average molecular weight is 350 g/mol. The highest BCUT2D eigenvalue weighted by molar-refractivity contribution is 5.91. The maximum Gasteiger partial charge on any atom is 0.269 e. The summed E-state index contributed by atoms with van der Waals surface area (Å²) in [5.74, 6) is -0.148. The van der Waals surface area contributed by atoms with E-state index in [-0.39, 0.29) is 17.0 Å². The zero-order chi connectivity index (χ0) is 18.4. The summed E-state index contributed by atoms with van der Waals surface area (Å²) in [7, 11) is 0. The molecule has 2 aromatic carbocycles. The van der Waals surface area contributed by atoms with E-state index in [1.54, 1.807) is 18.2 Å². The van der Waals surface area contributed by atoms with Crippen molar-refractivity contribution in [2.75, 3.05) is 6.54 Å². The number of amides is 1. The number of hydrogen-bond donors (Lipinski definition) is 1. The third-order valence-corrected chi connectivity index (χ3v) is 5.08. The topological polar surface area (TPSA) is 72.2 Å². The number of nitro groups is 1. The van der Waals surface area contributed by atoms with Crippen LogP contribution >= 0.6 is 0 Å². The Morgan fingerprint density at radius 2 is 1.73 bits per heavy atom. The molecule has 1 fully saturated rings. The van der Waals surface area contributed by atoms with Crippen LogP contribution in [0.4, 0.5) is 5.69 Å². The molecule has 0 radical (unpaired) electrons. The molecule has 2 aromatic rings. The van der Waals surface area contributed by atoms with Crippen LogP contribution in [0.3, 0.4) is 0 Å². The van der Waals surface area contributed by atoms with Gasteiger partial charge in [-0.25, -0.2) is 0 Å². The molecule has 0 saturated heterocycles. The van der Waals surface area contributed by atoms with Gasteiger partial charge in [-0.1, -0.05) is 43.2 Å². The second-order valence-electron chi connectivity index (χ2n) is 6.75. The lowest BCUT2D eigenvalue weighted by molar-refractivity contribution is -0.384. The maximum atomic E-state index is 12.2. The number of carbonyl (C=O) groups is 1. The molecule has 1 N–H and O–H groups in total. The van der Waals surface area contributed by atoms with Crippen LogP contribution in [0, 0.1) is 10.1 Å². The molecule has 5 heteroatoms. The van der Waals surface area contributed by atoms with Crippen LogP contribution in [0.1, 0.15) is 36.8 Å². The van der Waals surface area contributed by atoms with Gasteiger partial charge in [0.15, 0.2) is 0 Å². The smallest absolute Gasteiger partial charge is 0.269 e. The third kappa shape index (κ3) is 4.17. The van der Waals surface area contributed by atoms with Crippen molar-refractivity contribution >= 4 is 17.7 Å². The Balaban J connectivity index is 1.61. The first-order chi connectivity index (χ1) is 12.6. The standard InChI is InChI=1S/C21H22N2O3/c24-20(13-10-17-8-11-19(12-9-17)23(25)26)22-16-21(14-4-5-15-21)18-6-2-1-3-7-18/h1-3,6-13H,4-5,14-16H2,(H,22,24). The number of nitro benzene ring substituents is 1. The van der Waals surface area contributed by atoms with E-state index in [9.17, 15) is 14.9 Å². The van der Waals surface area contributed by atoms with Crippen LogP contribution < -0.4 is 5.32 Å². The third-order valence-electron chi connectivity index (χ3n) is 5.08. The van der Waals surface area contributed by atoms with E-state index in [0.29, 0.717) is 6.54 Å². The molecule has 0 heterocycles. The zero-order valence-corrected chi connectivity index (χ0v) is 14.6. The molecule has 0 atom stereocenters. The molecule has 5 nitrogen and oxygen atoms in total. The highest BCUT2D eigenvalue weighted by atomic mass is 16.6. The van der Waals surface area contributed by atoms with Crippen LogP contribution in [-0.4, -0.2) is 17.4 Å². The summed E-state index contributed by atoms with van der Waals surface area (Å²) in [6.45, 7) is 0.625. The number of rotatable bonds is 6. The van der Waals surface area contributed by atoms with Crippen LogP contribution in [0.15, 0.2) is 60.7 Å². The fourth-order valence-electron chi connectivity index (χ4n) is 3.61. The minimum Gasteiger partial charge on any atom is -0.352 e. The van der Waals surface area contributed by atoms with Gasteiger partial charge in [-0.2, -0.15) is 0 Å². The quantitative estimate of drug-likeness (QED) is 0.481. The Morgan fingerprint density at radius 3 is 2.35 bits per heavy atom. The Kier molecular flexibility index (Phi) is 5.46. The highest BCUT2D eigenvalue weighted by Gasteiger charge is 2.35. The van der Waals surface area contributed by atoms with E-state index in [1.165, 1.54) is 36.6 Å². The van der Waals surface area contributed by atoms with Crippen LogP contribution in [0.5, 0.6) is 0 Å². The largest absolute Gasteiger partial charge is 0.352 e. The molecular formula is C21H22N2O3. The molecule has 1 amide bonds. The van der Waals surface area contributed by atoms with Crippen molar-refractivity contribution in [3.63, 3.8) is 0 Å². The van der Waals surface area contributed by atoms with Gasteiger partial charge in [-0.3, -0.25) is 14.9 Å². The van der Waals surface area contributed by atoms with Gasteiger partial charge >= 0.3 is 0 Å². The van der Waals surface area contributed by atoms with E-state index < -0.39 is 4.92 Å². The van der Waals surface area contributed by atoms with Crippen molar-refractivity contribution < 1.29 is 9.72 Å². The summed E-state index contributed by atoms with van der Waals surface area (Å²) in [6, 6.07) is 16.5. The molecule has 3 rings (SSSR count). The molecular weight excluding hydrogens is 328 g/mol. The predicted molar refractivity (Wildman–Crippen MR) is 102 cm³/mol. The van der Waals surface area contributed by atoms with Crippen LogP contribution in [0.25, 0.3) is 6.08 Å². The summed E-state index contributed by atoms with van der Waals surface area (Å²) in [4.78, 5) is 22.4. The Labute approximate surface area is 152 Å². The first-order valence-corrected chi connectivity index (χ1v) is 8.85. The molecule has 0 unspecified atom stereocenters. The molecule has 1 aliphatic rings. The summed E-state index contributed by atoms with van der Waals surface area (Å²) in [5, 5.41) is 13.7. The molecule has 1 aliphatic carbocycles. The fraction of sp³-hybridized carbons (Fsp3) is 0.286. The van der Waals surface area contributed by atoms with Crippen molar-refractivity contribution in [1.82, 2.24) is 5.32 Å². The van der Waals surface area contributed by atoms with E-state index in [2.05, 4.69) is 17.4 Å². The van der Waals surface area contributed by atoms with E-state index in [0.717, 1.165) is 18.4 Å². The van der Waals surface area contributed by atoms with Crippen molar-refractivity contribution in [2.45, 2.75) is 31.1 Å². The Hall–Kier alpha value is -2.95. The van der Waals surface area contributed by atoms with Crippen LogP contribution in [0.2, 0.25) is 0 Å². The van der Waals surface area contributed by atoms with E-state index >= 15 is 0 Å². The number of nitrogens with one attached hydrogen (secondary N) is 1. The summed E-state index contributed by atoms with van der Waals surface area (Å²) >= 11 is 0. The van der Waals surface area contributed by atoms with Gasteiger partial charge in [0, 0.05) is 30.2 Å². The normalized spacial score (nSPS) is 15.8. The number of benzene rings is 2. The average Bonchev–Trinajstić information content (AvgIpc) is 3.16. The minimum absolute atomic E-state index is 0.0259. The zero-order valence-electron chi connectivity index (χ0n) is 14.6. The van der Waals surface area contributed by atoms with Gasteiger partial charge in [0.1, 0.15) is 0 Å². The highest BCUT2D eigenvalue weighted by Crippen LogP contribution is 2.40. The van der Waals surface area contributed by atoms with Gasteiger partial charge in [-0.05, 0) is 42.2 Å². The monoisotopic (exact) mass is 350 g/mol. The predicted octanol–water partition coefficient (Wildman–Crippen LogP) is 4.24. The number of non-ortho nitro benzene ring substituents is 1. The summed E-state index contributed by atoms with van der Waals surface area (Å²) < 4.78 is 0. The first-order valence-electron chi connectivity index (χ1n) is 8.85. The van der Waals surface area contributed by atoms with Crippen LogP contribution in [-0.2, 0) is 10.2 Å². The first kappa shape index (κ1) is 17.9. The molecule has 0 bridgehead atoms. The van der Waals surface area contributed by atoms with Crippen molar-refractivity contribution in [2.24, 2.45) is 0 Å². The number of hydrogen-bond acceptors (Lipinski definition) is 3. The van der Waals surface area contributed by atoms with Crippen molar-refractivity contribution in [3.8, 4) is 0 Å². The Morgan fingerprint density at radius 1 is 1.08 bits per heavy atom. The fourth-order valence-corrected chi connectivity index (χ4v) is 3.61. The number of carbonyl (C=O) groups excluding carboxylic acids is 1. The van der Waals surface area contributed by atoms with E-state index in [4.69, 9.17) is 0 Å². The van der Waals surface area contributed by atoms with Gasteiger partial charge in [-0.15, -0.1) is 0 Å². The van der Waals surface area contributed by atoms with Gasteiger partial charge in [0.25, 0.3) is 5.69 Å². The summed E-state index contributed by atoms with van der Waals surface area (Å²) in [5.41, 5.74) is 2.11. The van der Waals surface area contributed by atoms with Gasteiger partial charge in [0.2, 0.25) is 5.91 Å². The SMILES string of the molecule is O=C(C=Cc1ccc([N+](=O)[O-])cc1)NCC1(c2ccccc2)CCCC1. The number of nitrogens with zero attached hydrogens (tertiary/aromatic N) is 1. The summed E-state index contributed by atoms with van der Waals surface area (Å²) in [6.07, 6.45) is 7.69. The van der Waals surface area contributed by atoms with Crippen molar-refractivity contribution in [3.05, 3.63) is 81.9 Å². The molecule has 0 aliphatic heterocycles. The van der Waals surface area contributed by atoms with Gasteiger partial charge in [0.05, 0.1) is 4.92 Å². The lowest BCUT2D eigenvalue weighted by atomic mass is 9.79. The second-order valence-corrected chi connectivity index (χ2v) is 6.75. The Bertz CT molecular complexity index is 792. The second kappa shape index (κ2) is 7.95. The molecule has 26 heavy (non-hydrogen) atoms. The lowest BCUT2D eigenvalue weighted by Gasteiger charge is -2.29. The molecule has 134 valence electrons. The maximum absolute atomic E-state index is 12.2. The minimum atomic E-state index is -0.440. The van der Waals surface area contributed by atoms with E-state index in [1.807, 2.05) is 18.2 Å². The molecule has 0 spiro atoms.